The number of carbonyl (C=O) groups is 1. The Labute approximate surface area is 103 Å². The standard InChI is InChI=1S/C12H13BrO3/c1-8(7-13)12(14)9-4-5-10(15-2)11(6-9)16-3/h4-6H,1,7H2,2-3H3. The second-order valence-electron chi connectivity index (χ2n) is 3.14. The Morgan fingerprint density at radius 1 is 1.31 bits per heavy atom. The van der Waals surface area contributed by atoms with Crippen LogP contribution in [0, 0.1) is 0 Å². The maximum Gasteiger partial charge on any atom is 0.189 e. The monoisotopic (exact) mass is 284 g/mol. The first kappa shape index (κ1) is 12.8. The number of rotatable bonds is 5. The highest BCUT2D eigenvalue weighted by Crippen LogP contribution is 2.28. The van der Waals surface area contributed by atoms with Gasteiger partial charge in [-0.25, -0.2) is 0 Å². The van der Waals surface area contributed by atoms with E-state index in [1.807, 2.05) is 0 Å². The van der Waals surface area contributed by atoms with Crippen molar-refractivity contribution < 1.29 is 14.3 Å². The first-order valence-electron chi connectivity index (χ1n) is 4.64. The number of ketones is 1. The molecule has 0 N–H and O–H groups in total. The van der Waals surface area contributed by atoms with Crippen LogP contribution in [0.25, 0.3) is 0 Å². The highest BCUT2D eigenvalue weighted by Gasteiger charge is 2.12. The second-order valence-corrected chi connectivity index (χ2v) is 3.70. The maximum atomic E-state index is 11.8. The molecule has 0 aromatic heterocycles. The number of methoxy groups -OCH3 is 2. The summed E-state index contributed by atoms with van der Waals surface area (Å²) >= 11 is 3.20. The summed E-state index contributed by atoms with van der Waals surface area (Å²) in [5, 5.41) is 0.459. The summed E-state index contributed by atoms with van der Waals surface area (Å²) < 4.78 is 10.2. The van der Waals surface area contributed by atoms with Crippen molar-refractivity contribution in [1.29, 1.82) is 0 Å². The van der Waals surface area contributed by atoms with Crippen molar-refractivity contribution in [2.24, 2.45) is 0 Å². The van der Waals surface area contributed by atoms with Crippen molar-refractivity contribution in [3.63, 3.8) is 0 Å². The number of hydrogen-bond donors (Lipinski definition) is 0. The van der Waals surface area contributed by atoms with Crippen LogP contribution in [0.5, 0.6) is 11.5 Å². The predicted molar refractivity (Wildman–Crippen MR) is 66.8 cm³/mol. The maximum absolute atomic E-state index is 11.8. The molecule has 0 fully saturated rings. The van der Waals surface area contributed by atoms with Gasteiger partial charge in [-0.1, -0.05) is 22.5 Å². The molecular formula is C12H13BrO3. The number of carbonyl (C=O) groups excluding carboxylic acids is 1. The first-order valence-corrected chi connectivity index (χ1v) is 5.76. The van der Waals surface area contributed by atoms with Crippen LogP contribution in [0.1, 0.15) is 10.4 Å². The summed E-state index contributed by atoms with van der Waals surface area (Å²) in [5.74, 6) is 1.04. The molecule has 0 unspecified atom stereocenters. The Hall–Kier alpha value is -1.29. The SMILES string of the molecule is C=C(CBr)C(=O)c1ccc(OC)c(OC)c1. The van der Waals surface area contributed by atoms with Crippen LogP contribution in [0.15, 0.2) is 30.4 Å². The average Bonchev–Trinajstić information content (AvgIpc) is 2.35. The van der Waals surface area contributed by atoms with Gasteiger partial charge in [-0.3, -0.25) is 4.79 Å². The molecule has 0 saturated heterocycles. The van der Waals surface area contributed by atoms with E-state index in [9.17, 15) is 4.79 Å². The summed E-state index contributed by atoms with van der Waals surface area (Å²) in [6.45, 7) is 3.68. The third-order valence-electron chi connectivity index (χ3n) is 2.13. The molecule has 86 valence electrons. The minimum absolute atomic E-state index is 0.0992. The molecule has 1 aromatic rings. The topological polar surface area (TPSA) is 35.5 Å². The van der Waals surface area contributed by atoms with Gasteiger partial charge in [0, 0.05) is 16.5 Å². The third-order valence-corrected chi connectivity index (χ3v) is 2.81. The summed E-state index contributed by atoms with van der Waals surface area (Å²) in [6, 6.07) is 5.04. The van der Waals surface area contributed by atoms with Gasteiger partial charge >= 0.3 is 0 Å². The molecule has 0 bridgehead atoms. The molecule has 0 radical (unpaired) electrons. The van der Waals surface area contributed by atoms with Crippen LogP contribution >= 0.6 is 15.9 Å². The van der Waals surface area contributed by atoms with E-state index in [1.54, 1.807) is 25.3 Å². The van der Waals surface area contributed by atoms with Crippen molar-refractivity contribution in [2.75, 3.05) is 19.5 Å². The van der Waals surface area contributed by atoms with Gasteiger partial charge in [-0.15, -0.1) is 0 Å². The van der Waals surface area contributed by atoms with Crippen molar-refractivity contribution in [3.05, 3.63) is 35.9 Å². The number of alkyl halides is 1. The van der Waals surface area contributed by atoms with Crippen LogP contribution in [-0.2, 0) is 0 Å². The Bertz CT molecular complexity index is 413. The lowest BCUT2D eigenvalue weighted by Crippen LogP contribution is -2.04. The van der Waals surface area contributed by atoms with E-state index in [0.29, 0.717) is 28.0 Å². The van der Waals surface area contributed by atoms with Crippen LogP contribution < -0.4 is 9.47 Å². The van der Waals surface area contributed by atoms with Gasteiger partial charge in [0.1, 0.15) is 0 Å². The lowest BCUT2D eigenvalue weighted by Gasteiger charge is -2.09. The third kappa shape index (κ3) is 2.64. The predicted octanol–water partition coefficient (Wildman–Crippen LogP) is 2.84. The lowest BCUT2D eigenvalue weighted by molar-refractivity contribution is 0.103. The van der Waals surface area contributed by atoms with Gasteiger partial charge in [0.2, 0.25) is 0 Å². The van der Waals surface area contributed by atoms with Crippen molar-refractivity contribution in [2.45, 2.75) is 0 Å². The van der Waals surface area contributed by atoms with Gasteiger partial charge in [0.15, 0.2) is 17.3 Å². The zero-order valence-electron chi connectivity index (χ0n) is 9.25. The molecule has 1 rings (SSSR count). The fraction of sp³-hybridized carbons (Fsp3) is 0.250. The minimum Gasteiger partial charge on any atom is -0.493 e. The molecule has 0 amide bonds. The Morgan fingerprint density at radius 2 is 1.94 bits per heavy atom. The molecule has 4 heteroatoms. The molecule has 0 spiro atoms. The highest BCUT2D eigenvalue weighted by molar-refractivity contribution is 9.09. The van der Waals surface area contributed by atoms with Crippen molar-refractivity contribution in [1.82, 2.24) is 0 Å². The van der Waals surface area contributed by atoms with E-state index in [4.69, 9.17) is 9.47 Å². The number of Topliss-reactive ketones (excluding diaryl/α,β-unsaturated/α-hetero) is 1. The lowest BCUT2D eigenvalue weighted by atomic mass is 10.1. The summed E-state index contributed by atoms with van der Waals surface area (Å²) in [4.78, 5) is 11.8. The van der Waals surface area contributed by atoms with Gasteiger partial charge in [0.05, 0.1) is 14.2 Å². The van der Waals surface area contributed by atoms with Gasteiger partial charge in [0.25, 0.3) is 0 Å². The van der Waals surface area contributed by atoms with E-state index in [0.717, 1.165) is 0 Å². The molecule has 1 aromatic carbocycles. The number of allylic oxidation sites excluding steroid dienone is 1. The van der Waals surface area contributed by atoms with E-state index < -0.39 is 0 Å². The van der Waals surface area contributed by atoms with E-state index in [-0.39, 0.29) is 5.78 Å². The molecule has 0 aliphatic carbocycles. The molecule has 0 atom stereocenters. The zero-order chi connectivity index (χ0) is 12.1. The molecule has 0 saturated carbocycles. The second kappa shape index (κ2) is 5.70. The fourth-order valence-electron chi connectivity index (χ4n) is 1.24. The number of ether oxygens (including phenoxy) is 2. The van der Waals surface area contributed by atoms with E-state index in [2.05, 4.69) is 22.5 Å². The van der Waals surface area contributed by atoms with Gasteiger partial charge in [-0.2, -0.15) is 0 Å². The van der Waals surface area contributed by atoms with Crippen LogP contribution in [0.4, 0.5) is 0 Å². The molecule has 3 nitrogen and oxygen atoms in total. The quantitative estimate of drug-likeness (QED) is 0.474. The smallest absolute Gasteiger partial charge is 0.189 e. The number of halogens is 1. The van der Waals surface area contributed by atoms with Crippen LogP contribution in [0.3, 0.4) is 0 Å². The average molecular weight is 285 g/mol. The largest absolute Gasteiger partial charge is 0.493 e. The molecular weight excluding hydrogens is 272 g/mol. The molecule has 0 heterocycles. The summed E-state index contributed by atoms with van der Waals surface area (Å²) in [5.41, 5.74) is 1.05. The Morgan fingerprint density at radius 3 is 2.44 bits per heavy atom. The number of benzene rings is 1. The minimum atomic E-state index is -0.0992. The molecule has 0 aliphatic rings. The molecule has 0 aliphatic heterocycles. The van der Waals surface area contributed by atoms with Crippen molar-refractivity contribution >= 4 is 21.7 Å². The zero-order valence-corrected chi connectivity index (χ0v) is 10.8. The van der Waals surface area contributed by atoms with Crippen molar-refractivity contribution in [3.8, 4) is 11.5 Å². The summed E-state index contributed by atoms with van der Waals surface area (Å²) in [7, 11) is 3.09. The fourth-order valence-corrected chi connectivity index (χ4v) is 1.50. The Balaban J connectivity index is 3.08. The number of hydrogen-bond acceptors (Lipinski definition) is 3. The van der Waals surface area contributed by atoms with E-state index >= 15 is 0 Å². The van der Waals surface area contributed by atoms with Crippen LogP contribution in [-0.4, -0.2) is 25.3 Å². The highest BCUT2D eigenvalue weighted by atomic mass is 79.9. The van der Waals surface area contributed by atoms with Gasteiger partial charge in [-0.05, 0) is 18.2 Å². The molecule has 16 heavy (non-hydrogen) atoms. The van der Waals surface area contributed by atoms with Crippen LogP contribution in [0.2, 0.25) is 0 Å². The first-order chi connectivity index (χ1) is 7.63. The van der Waals surface area contributed by atoms with E-state index in [1.165, 1.54) is 7.11 Å². The Kier molecular flexibility index (Phi) is 4.55. The normalized spacial score (nSPS) is 9.69. The van der Waals surface area contributed by atoms with Gasteiger partial charge < -0.3 is 9.47 Å². The summed E-state index contributed by atoms with van der Waals surface area (Å²) in [6.07, 6.45) is 0.